The Balaban J connectivity index is 2.18. The number of benzene rings is 1. The van der Waals surface area contributed by atoms with Crippen LogP contribution in [0.3, 0.4) is 0 Å². The molecular weight excluding hydrogens is 262 g/mol. The Morgan fingerprint density at radius 2 is 2.00 bits per heavy atom. The molecule has 1 aromatic rings. The van der Waals surface area contributed by atoms with Gasteiger partial charge in [-0.1, -0.05) is 6.07 Å². The molecule has 0 bridgehead atoms. The van der Waals surface area contributed by atoms with E-state index in [4.69, 9.17) is 0 Å². The van der Waals surface area contributed by atoms with Crippen molar-refractivity contribution >= 4 is 5.78 Å². The topological polar surface area (TPSA) is 23.6 Å². The first-order valence-corrected chi connectivity index (χ1v) is 6.76. The van der Waals surface area contributed by atoms with Crippen molar-refractivity contribution in [3.05, 3.63) is 34.9 Å². The first-order valence-electron chi connectivity index (χ1n) is 6.76. The molecule has 1 atom stereocenters. The molecule has 2 rings (SSSR count). The third kappa shape index (κ3) is 3.04. The van der Waals surface area contributed by atoms with Crippen molar-refractivity contribution < 1.29 is 13.6 Å². The van der Waals surface area contributed by atoms with Gasteiger partial charge in [0, 0.05) is 32.1 Å². The van der Waals surface area contributed by atoms with Gasteiger partial charge in [-0.25, -0.2) is 8.78 Å². The fourth-order valence-corrected chi connectivity index (χ4v) is 2.55. The van der Waals surface area contributed by atoms with Crippen molar-refractivity contribution in [1.29, 1.82) is 0 Å². The number of rotatable bonds is 3. The molecule has 1 aromatic carbocycles. The van der Waals surface area contributed by atoms with E-state index in [0.29, 0.717) is 5.56 Å². The van der Waals surface area contributed by atoms with Crippen molar-refractivity contribution in [3.63, 3.8) is 0 Å². The highest BCUT2D eigenvalue weighted by molar-refractivity contribution is 5.97. The fraction of sp³-hybridized carbons (Fsp3) is 0.533. The van der Waals surface area contributed by atoms with Gasteiger partial charge in [0.05, 0.1) is 5.56 Å². The molecule has 0 spiro atoms. The van der Waals surface area contributed by atoms with Gasteiger partial charge in [0.2, 0.25) is 0 Å². The molecule has 0 aromatic heterocycles. The lowest BCUT2D eigenvalue weighted by atomic mass is 9.98. The molecule has 3 nitrogen and oxygen atoms in total. The van der Waals surface area contributed by atoms with Gasteiger partial charge in [-0.05, 0) is 32.6 Å². The molecule has 20 heavy (non-hydrogen) atoms. The first kappa shape index (κ1) is 15.1. The van der Waals surface area contributed by atoms with Crippen LogP contribution in [0.5, 0.6) is 0 Å². The summed E-state index contributed by atoms with van der Waals surface area (Å²) in [5.41, 5.74) is -0.101. The van der Waals surface area contributed by atoms with Crippen LogP contribution in [0.25, 0.3) is 0 Å². The Bertz CT molecular complexity index is 519. The summed E-state index contributed by atoms with van der Waals surface area (Å²) in [6.45, 7) is 4.06. The number of hydrogen-bond donors (Lipinski definition) is 0. The van der Waals surface area contributed by atoms with Crippen LogP contribution in [0.1, 0.15) is 22.3 Å². The van der Waals surface area contributed by atoms with Gasteiger partial charge < -0.3 is 9.80 Å². The van der Waals surface area contributed by atoms with Crippen molar-refractivity contribution in [3.8, 4) is 0 Å². The summed E-state index contributed by atoms with van der Waals surface area (Å²) in [6.07, 6.45) is 0.137. The first-order chi connectivity index (χ1) is 9.40. The minimum Gasteiger partial charge on any atom is -0.304 e. The molecule has 1 aliphatic heterocycles. The predicted octanol–water partition coefficient (Wildman–Crippen LogP) is 2.09. The van der Waals surface area contributed by atoms with Crippen molar-refractivity contribution in [2.24, 2.45) is 0 Å². The number of aryl methyl sites for hydroxylation is 1. The lowest BCUT2D eigenvalue weighted by molar-refractivity contribution is 0.0803. The molecule has 0 saturated carbocycles. The molecule has 5 heteroatoms. The molecule has 0 radical (unpaired) electrons. The second-order valence-electron chi connectivity index (χ2n) is 5.58. The number of hydrogen-bond acceptors (Lipinski definition) is 3. The van der Waals surface area contributed by atoms with Crippen molar-refractivity contribution in [2.45, 2.75) is 19.4 Å². The maximum atomic E-state index is 14.0. The summed E-state index contributed by atoms with van der Waals surface area (Å²) in [6, 6.07) is 2.50. The number of carbonyl (C=O) groups is 1. The molecule has 1 fully saturated rings. The van der Waals surface area contributed by atoms with Crippen LogP contribution in [0.15, 0.2) is 12.1 Å². The smallest absolute Gasteiger partial charge is 0.170 e. The molecule has 0 N–H and O–H groups in total. The van der Waals surface area contributed by atoms with Crippen LogP contribution < -0.4 is 0 Å². The number of ketones is 1. The second kappa shape index (κ2) is 5.97. The van der Waals surface area contributed by atoms with E-state index in [9.17, 15) is 13.6 Å². The summed E-state index contributed by atoms with van der Waals surface area (Å²) in [4.78, 5) is 16.4. The van der Waals surface area contributed by atoms with Gasteiger partial charge in [0.15, 0.2) is 5.78 Å². The SMILES string of the molecule is Cc1ccc(F)c(C(=O)CC2CN(C)CCN2C)c1F. The van der Waals surface area contributed by atoms with Gasteiger partial charge in [-0.2, -0.15) is 0 Å². The van der Waals surface area contributed by atoms with Crippen LogP contribution in [0, 0.1) is 18.6 Å². The minimum atomic E-state index is -0.773. The molecule has 0 aliphatic carbocycles. The number of piperazine rings is 1. The summed E-state index contributed by atoms with van der Waals surface area (Å²) < 4.78 is 27.7. The summed E-state index contributed by atoms with van der Waals surface area (Å²) in [5, 5.41) is 0. The molecular formula is C15H20F2N2O. The van der Waals surface area contributed by atoms with E-state index < -0.39 is 23.0 Å². The van der Waals surface area contributed by atoms with Gasteiger partial charge in [-0.3, -0.25) is 4.79 Å². The largest absolute Gasteiger partial charge is 0.304 e. The average Bonchev–Trinajstić information content (AvgIpc) is 2.39. The zero-order valence-electron chi connectivity index (χ0n) is 12.1. The van der Waals surface area contributed by atoms with Crippen LogP contribution in [-0.2, 0) is 0 Å². The maximum absolute atomic E-state index is 14.0. The minimum absolute atomic E-state index is 0.000521. The number of nitrogens with zero attached hydrogens (tertiary/aromatic N) is 2. The van der Waals surface area contributed by atoms with Crippen molar-refractivity contribution in [2.75, 3.05) is 33.7 Å². The molecule has 1 heterocycles. The predicted molar refractivity (Wildman–Crippen MR) is 74.0 cm³/mol. The third-order valence-corrected chi connectivity index (χ3v) is 3.96. The summed E-state index contributed by atoms with van der Waals surface area (Å²) in [5.74, 6) is -1.97. The Morgan fingerprint density at radius 1 is 1.30 bits per heavy atom. The van der Waals surface area contributed by atoms with E-state index in [1.807, 2.05) is 14.1 Å². The summed E-state index contributed by atoms with van der Waals surface area (Å²) in [7, 11) is 3.92. The lowest BCUT2D eigenvalue weighted by Gasteiger charge is -2.37. The highest BCUT2D eigenvalue weighted by atomic mass is 19.1. The fourth-order valence-electron chi connectivity index (χ4n) is 2.55. The van der Waals surface area contributed by atoms with Crippen LogP contribution in [0.2, 0.25) is 0 Å². The Kier molecular flexibility index (Phi) is 4.50. The van der Waals surface area contributed by atoms with E-state index in [1.165, 1.54) is 13.0 Å². The van der Waals surface area contributed by atoms with E-state index in [2.05, 4.69) is 9.80 Å². The van der Waals surface area contributed by atoms with Crippen LogP contribution in [-0.4, -0.2) is 55.4 Å². The number of halogens is 2. The van der Waals surface area contributed by atoms with Gasteiger partial charge in [0.1, 0.15) is 11.6 Å². The van der Waals surface area contributed by atoms with Crippen LogP contribution >= 0.6 is 0 Å². The molecule has 1 unspecified atom stereocenters. The Labute approximate surface area is 118 Å². The Hall–Kier alpha value is -1.33. The Morgan fingerprint density at radius 3 is 2.70 bits per heavy atom. The highest BCUT2D eigenvalue weighted by Crippen LogP contribution is 2.20. The number of Topliss-reactive ketones (excluding diaryl/α,β-unsaturated/α-hetero) is 1. The van der Waals surface area contributed by atoms with E-state index >= 15 is 0 Å². The molecule has 1 saturated heterocycles. The zero-order valence-corrected chi connectivity index (χ0v) is 12.1. The normalized spacial score (nSPS) is 21.1. The number of likely N-dealkylation sites (N-methyl/N-ethyl adjacent to an activating group) is 2. The molecule has 110 valence electrons. The second-order valence-corrected chi connectivity index (χ2v) is 5.58. The quantitative estimate of drug-likeness (QED) is 0.793. The maximum Gasteiger partial charge on any atom is 0.170 e. The standard InChI is InChI=1S/C15H20F2N2O/c1-10-4-5-12(16)14(15(10)17)13(20)8-11-9-18(2)6-7-19(11)3/h4-5,11H,6-9H2,1-3H3. The lowest BCUT2D eigenvalue weighted by Crippen LogP contribution is -2.50. The van der Waals surface area contributed by atoms with Crippen molar-refractivity contribution in [1.82, 2.24) is 9.80 Å². The van der Waals surface area contributed by atoms with E-state index in [-0.39, 0.29) is 12.5 Å². The average molecular weight is 282 g/mol. The van der Waals surface area contributed by atoms with E-state index in [0.717, 1.165) is 25.7 Å². The summed E-state index contributed by atoms with van der Waals surface area (Å²) >= 11 is 0. The van der Waals surface area contributed by atoms with Crippen LogP contribution in [0.4, 0.5) is 8.78 Å². The van der Waals surface area contributed by atoms with Gasteiger partial charge >= 0.3 is 0 Å². The molecule has 1 aliphatic rings. The third-order valence-electron chi connectivity index (χ3n) is 3.96. The monoisotopic (exact) mass is 282 g/mol. The van der Waals surface area contributed by atoms with Gasteiger partial charge in [0.25, 0.3) is 0 Å². The zero-order chi connectivity index (χ0) is 14.9. The number of carbonyl (C=O) groups excluding carboxylic acids is 1. The van der Waals surface area contributed by atoms with Gasteiger partial charge in [-0.15, -0.1) is 0 Å². The van der Waals surface area contributed by atoms with E-state index in [1.54, 1.807) is 0 Å². The highest BCUT2D eigenvalue weighted by Gasteiger charge is 2.27. The molecule has 0 amide bonds.